The van der Waals surface area contributed by atoms with Crippen LogP contribution in [-0.2, 0) is 0 Å². The zero-order chi connectivity index (χ0) is 32.6. The minimum Gasteiger partial charge on any atom is -0.493 e. The van der Waals surface area contributed by atoms with Gasteiger partial charge < -0.3 is 19.6 Å². The van der Waals surface area contributed by atoms with E-state index < -0.39 is 11.7 Å². The van der Waals surface area contributed by atoms with Gasteiger partial charge >= 0.3 is 0 Å². The van der Waals surface area contributed by atoms with Crippen LogP contribution in [0.3, 0.4) is 0 Å². The van der Waals surface area contributed by atoms with Gasteiger partial charge in [-0.25, -0.2) is 14.4 Å². The minimum absolute atomic E-state index is 0.190. The molecule has 3 aromatic carbocycles. The maximum Gasteiger partial charge on any atom is 0.294 e. The van der Waals surface area contributed by atoms with Gasteiger partial charge in [-0.3, -0.25) is 14.6 Å². The summed E-state index contributed by atoms with van der Waals surface area (Å²) in [7, 11) is 1.54. The number of anilines is 3. The largest absolute Gasteiger partial charge is 0.493 e. The summed E-state index contributed by atoms with van der Waals surface area (Å²) < 4.78 is 26.1. The van der Waals surface area contributed by atoms with Crippen molar-refractivity contribution in [2.24, 2.45) is 0 Å². The lowest BCUT2D eigenvalue weighted by molar-refractivity contribution is 0.0875. The number of ether oxygens (including phenoxy) is 2. The van der Waals surface area contributed by atoms with E-state index in [0.717, 1.165) is 43.9 Å². The summed E-state index contributed by atoms with van der Waals surface area (Å²) in [5.41, 5.74) is 2.95. The van der Waals surface area contributed by atoms with E-state index >= 15 is 0 Å². The highest BCUT2D eigenvalue weighted by molar-refractivity contribution is 6.05. The Kier molecular flexibility index (Phi) is 10.7. The zero-order valence-electron chi connectivity index (χ0n) is 27.0. The van der Waals surface area contributed by atoms with Crippen molar-refractivity contribution in [1.82, 2.24) is 19.8 Å². The number of nitrogens with zero attached hydrogens (tertiary/aromatic N) is 5. The van der Waals surface area contributed by atoms with Crippen LogP contribution in [0.5, 0.6) is 17.2 Å². The molecule has 0 atom stereocenters. The number of nitrogens with one attached hydrogen (secondary N) is 1. The highest BCUT2D eigenvalue weighted by Crippen LogP contribution is 2.32. The lowest BCUT2D eigenvalue weighted by Crippen LogP contribution is -2.49. The Labute approximate surface area is 269 Å². The first-order chi connectivity index (χ1) is 22.2. The molecule has 1 N–H and O–H groups in total. The number of methoxy groups -OCH3 is 1. The first-order valence-electron chi connectivity index (χ1n) is 15.4. The van der Waals surface area contributed by atoms with E-state index in [2.05, 4.69) is 38.9 Å². The molecule has 1 aliphatic heterocycles. The third-order valence-electron chi connectivity index (χ3n) is 7.97. The fraction of sp³-hybridized carbons (Fsp3) is 0.343. The molecule has 1 aliphatic rings. The van der Waals surface area contributed by atoms with Crippen LogP contribution in [0.15, 0.2) is 73.1 Å². The summed E-state index contributed by atoms with van der Waals surface area (Å²) in [6.45, 7) is 13.4. The molecule has 4 aromatic rings. The number of aryl methyl sites for hydroxylation is 2. The lowest BCUT2D eigenvalue weighted by atomic mass is 10.1. The summed E-state index contributed by atoms with van der Waals surface area (Å²) in [6.07, 6.45) is 2.80. The summed E-state index contributed by atoms with van der Waals surface area (Å²) in [5, 5.41) is 4.22. The van der Waals surface area contributed by atoms with Crippen molar-refractivity contribution in [1.29, 1.82) is 0 Å². The molecule has 5 rings (SSSR count). The number of halogens is 1. The number of carbonyl (C=O) groups excluding carboxylic acids is 1. The predicted octanol–water partition coefficient (Wildman–Crippen LogP) is 6.03. The molecule has 0 unspecified atom stereocenters. The van der Waals surface area contributed by atoms with Gasteiger partial charge in [0, 0.05) is 62.9 Å². The first kappa shape index (κ1) is 32.6. The van der Waals surface area contributed by atoms with Crippen LogP contribution in [0.1, 0.15) is 35.3 Å². The Morgan fingerprint density at radius 1 is 0.935 bits per heavy atom. The number of hydrogen-bond donors (Lipinski definition) is 1. The van der Waals surface area contributed by atoms with Crippen molar-refractivity contribution in [2.45, 2.75) is 33.7 Å². The van der Waals surface area contributed by atoms with Gasteiger partial charge in [-0.1, -0.05) is 30.3 Å². The lowest BCUT2D eigenvalue weighted by Gasteiger charge is -2.36. The second-order valence-corrected chi connectivity index (χ2v) is 11.5. The Hall–Kier alpha value is -4.74. The van der Waals surface area contributed by atoms with Crippen LogP contribution >= 0.6 is 0 Å². The molecule has 2 heterocycles. The molecule has 1 saturated heterocycles. The number of aromatic nitrogens is 2. The van der Waals surface area contributed by atoms with Crippen LogP contribution < -0.4 is 24.7 Å². The standard InChI is InChI=1S/C35H41FN6O4/c1-24(2)41-17-15-40(16-18-41)19-20-45-30-14-13-28(21-29(30)36)39-35-37-22-27(23-38-35)34(43)42(33-25(3)9-8-10-26(33)4)46-32-12-7-6-11-31(32)44-5/h6-14,21-24H,15-20H2,1-5H3,(H,37,38,39). The first-order valence-corrected chi connectivity index (χ1v) is 15.4. The van der Waals surface area contributed by atoms with Gasteiger partial charge in [-0.2, -0.15) is 0 Å². The van der Waals surface area contributed by atoms with Crippen molar-refractivity contribution < 1.29 is 23.5 Å². The van der Waals surface area contributed by atoms with E-state index in [4.69, 9.17) is 14.3 Å². The normalized spacial score (nSPS) is 13.8. The Morgan fingerprint density at radius 2 is 1.61 bits per heavy atom. The van der Waals surface area contributed by atoms with Crippen LogP contribution in [-0.4, -0.2) is 78.2 Å². The topological polar surface area (TPSA) is 92.3 Å². The molecule has 0 saturated carbocycles. The van der Waals surface area contributed by atoms with Crippen LogP contribution in [0.2, 0.25) is 0 Å². The van der Waals surface area contributed by atoms with E-state index in [1.54, 1.807) is 30.3 Å². The average Bonchev–Trinajstić information content (AvgIpc) is 3.05. The third-order valence-corrected chi connectivity index (χ3v) is 7.97. The van der Waals surface area contributed by atoms with Crippen LogP contribution in [0.4, 0.5) is 21.7 Å². The van der Waals surface area contributed by atoms with Crippen LogP contribution in [0.25, 0.3) is 0 Å². The maximum atomic E-state index is 14.9. The molecule has 10 nitrogen and oxygen atoms in total. The molecule has 0 spiro atoms. The SMILES string of the molecule is COc1ccccc1ON(C(=O)c1cnc(Nc2ccc(OCCN3CCN(C(C)C)CC3)c(F)c2)nc1)c1c(C)cccc1C. The monoisotopic (exact) mass is 628 g/mol. The molecule has 46 heavy (non-hydrogen) atoms. The third kappa shape index (κ3) is 7.91. The maximum absolute atomic E-state index is 14.9. The number of piperazine rings is 1. The molecule has 0 aliphatic carbocycles. The van der Waals surface area contributed by atoms with E-state index in [1.165, 1.54) is 30.6 Å². The number of benzene rings is 3. The molecule has 11 heteroatoms. The van der Waals surface area contributed by atoms with Crippen molar-refractivity contribution in [3.05, 3.63) is 95.6 Å². The highest BCUT2D eigenvalue weighted by Gasteiger charge is 2.26. The van der Waals surface area contributed by atoms with Crippen molar-refractivity contribution >= 4 is 23.2 Å². The average molecular weight is 629 g/mol. The van der Waals surface area contributed by atoms with E-state index in [9.17, 15) is 9.18 Å². The van der Waals surface area contributed by atoms with E-state index in [0.29, 0.717) is 35.5 Å². The summed E-state index contributed by atoms with van der Waals surface area (Å²) in [6, 6.07) is 18.0. The smallest absolute Gasteiger partial charge is 0.294 e. The highest BCUT2D eigenvalue weighted by atomic mass is 19.1. The summed E-state index contributed by atoms with van der Waals surface area (Å²) >= 11 is 0. The van der Waals surface area contributed by atoms with Gasteiger partial charge in [0.1, 0.15) is 6.61 Å². The Balaban J connectivity index is 1.23. The molecule has 242 valence electrons. The zero-order valence-corrected chi connectivity index (χ0v) is 27.0. The van der Waals surface area contributed by atoms with Crippen LogP contribution in [0, 0.1) is 19.7 Å². The van der Waals surface area contributed by atoms with Gasteiger partial charge in [0.2, 0.25) is 5.95 Å². The molecular formula is C35H41FN6O4. The number of carbonyl (C=O) groups is 1. The Bertz CT molecular complexity index is 1610. The summed E-state index contributed by atoms with van der Waals surface area (Å²) in [4.78, 5) is 33.4. The fourth-order valence-corrected chi connectivity index (χ4v) is 5.34. The molecular weight excluding hydrogens is 587 g/mol. The molecule has 0 bridgehead atoms. The number of hydroxylamine groups is 1. The second kappa shape index (κ2) is 15.0. The van der Waals surface area contributed by atoms with Gasteiger partial charge in [0.25, 0.3) is 5.91 Å². The summed E-state index contributed by atoms with van der Waals surface area (Å²) in [5.74, 6) is 0.290. The number of rotatable bonds is 12. The molecule has 1 amide bonds. The fourth-order valence-electron chi connectivity index (χ4n) is 5.34. The number of para-hydroxylation sites is 3. The Morgan fingerprint density at radius 3 is 2.24 bits per heavy atom. The minimum atomic E-state index is -0.487. The van der Waals surface area contributed by atoms with Crippen molar-refractivity contribution in [3.8, 4) is 17.2 Å². The molecule has 0 radical (unpaired) electrons. The van der Waals surface area contributed by atoms with E-state index in [1.807, 2.05) is 38.1 Å². The van der Waals surface area contributed by atoms with Gasteiger partial charge in [-0.15, -0.1) is 5.06 Å². The second-order valence-electron chi connectivity index (χ2n) is 11.5. The quantitative estimate of drug-likeness (QED) is 0.189. The molecule has 1 fully saturated rings. The van der Waals surface area contributed by atoms with Gasteiger partial charge in [-0.05, 0) is 63.1 Å². The predicted molar refractivity (Wildman–Crippen MR) is 177 cm³/mol. The molecule has 1 aromatic heterocycles. The van der Waals surface area contributed by atoms with E-state index in [-0.39, 0.29) is 17.3 Å². The van der Waals surface area contributed by atoms with Gasteiger partial charge in [0.05, 0.1) is 18.4 Å². The van der Waals surface area contributed by atoms with Gasteiger partial charge in [0.15, 0.2) is 23.1 Å². The number of amides is 1. The van der Waals surface area contributed by atoms with Crippen molar-refractivity contribution in [2.75, 3.05) is 56.8 Å². The van der Waals surface area contributed by atoms with Crippen molar-refractivity contribution in [3.63, 3.8) is 0 Å². The number of hydrogen-bond acceptors (Lipinski definition) is 9.